The van der Waals surface area contributed by atoms with Crippen LogP contribution < -0.4 is 4.74 Å². The molecular weight excluding hydrogens is 319 g/mol. The maximum Gasteiger partial charge on any atom is 0.132 e. The standard InChI is InChI=1S/C17H12BrFO/c1-20-17-9-12-5-3-2-4-11(12)8-15(17)14-7-6-13(18)10-16(14)19/h2-10H,1H3. The zero-order valence-corrected chi connectivity index (χ0v) is 12.4. The maximum absolute atomic E-state index is 14.2. The van der Waals surface area contributed by atoms with Crippen molar-refractivity contribution in [2.45, 2.75) is 0 Å². The molecule has 0 saturated heterocycles. The van der Waals surface area contributed by atoms with Crippen LogP contribution in [0.2, 0.25) is 0 Å². The molecule has 3 rings (SSSR count). The van der Waals surface area contributed by atoms with Crippen molar-refractivity contribution in [3.63, 3.8) is 0 Å². The molecule has 3 aromatic rings. The first-order valence-corrected chi connectivity index (χ1v) is 7.00. The molecule has 0 aliphatic heterocycles. The summed E-state index contributed by atoms with van der Waals surface area (Å²) in [5.41, 5.74) is 1.30. The van der Waals surface area contributed by atoms with Crippen LogP contribution in [0.3, 0.4) is 0 Å². The Hall–Kier alpha value is -1.87. The fraction of sp³-hybridized carbons (Fsp3) is 0.0588. The Morgan fingerprint density at radius 1 is 0.900 bits per heavy atom. The molecule has 0 aromatic heterocycles. The van der Waals surface area contributed by atoms with Gasteiger partial charge in [0.25, 0.3) is 0 Å². The van der Waals surface area contributed by atoms with Crippen molar-refractivity contribution >= 4 is 26.7 Å². The van der Waals surface area contributed by atoms with Crippen LogP contribution in [-0.2, 0) is 0 Å². The van der Waals surface area contributed by atoms with Crippen LogP contribution >= 0.6 is 15.9 Å². The van der Waals surface area contributed by atoms with E-state index in [4.69, 9.17) is 4.74 Å². The van der Waals surface area contributed by atoms with Crippen LogP contribution in [0, 0.1) is 5.82 Å². The van der Waals surface area contributed by atoms with Gasteiger partial charge in [0.2, 0.25) is 0 Å². The summed E-state index contributed by atoms with van der Waals surface area (Å²) in [5.74, 6) is 0.401. The van der Waals surface area contributed by atoms with E-state index < -0.39 is 0 Å². The number of halogens is 2. The third kappa shape index (κ3) is 2.29. The van der Waals surface area contributed by atoms with Gasteiger partial charge in [0.15, 0.2) is 0 Å². The monoisotopic (exact) mass is 330 g/mol. The molecule has 0 aliphatic carbocycles. The molecule has 0 bridgehead atoms. The number of hydrogen-bond acceptors (Lipinski definition) is 1. The highest BCUT2D eigenvalue weighted by molar-refractivity contribution is 9.10. The largest absolute Gasteiger partial charge is 0.496 e. The van der Waals surface area contributed by atoms with Crippen LogP contribution in [0.5, 0.6) is 5.75 Å². The summed E-state index contributed by atoms with van der Waals surface area (Å²) in [6.45, 7) is 0. The Balaban J connectivity index is 2.28. The highest BCUT2D eigenvalue weighted by Gasteiger charge is 2.12. The van der Waals surface area contributed by atoms with Crippen molar-refractivity contribution in [2.24, 2.45) is 0 Å². The minimum Gasteiger partial charge on any atom is -0.496 e. The molecule has 0 atom stereocenters. The Morgan fingerprint density at radius 3 is 2.25 bits per heavy atom. The minimum absolute atomic E-state index is 0.270. The lowest BCUT2D eigenvalue weighted by Gasteiger charge is -2.11. The van der Waals surface area contributed by atoms with Crippen LogP contribution in [0.25, 0.3) is 21.9 Å². The lowest BCUT2D eigenvalue weighted by Crippen LogP contribution is -1.91. The van der Waals surface area contributed by atoms with Crippen molar-refractivity contribution in [3.05, 3.63) is 64.9 Å². The lowest BCUT2D eigenvalue weighted by molar-refractivity contribution is 0.417. The topological polar surface area (TPSA) is 9.23 Å². The molecule has 0 aliphatic rings. The summed E-state index contributed by atoms with van der Waals surface area (Å²) < 4.78 is 20.3. The van der Waals surface area contributed by atoms with Gasteiger partial charge in [0.05, 0.1) is 7.11 Å². The summed E-state index contributed by atoms with van der Waals surface area (Å²) in [7, 11) is 1.60. The van der Waals surface area contributed by atoms with E-state index in [2.05, 4.69) is 15.9 Å². The Kier molecular flexibility index (Phi) is 3.45. The van der Waals surface area contributed by atoms with Crippen LogP contribution in [0.15, 0.2) is 59.1 Å². The number of fused-ring (bicyclic) bond motifs is 1. The average molecular weight is 331 g/mol. The molecule has 0 radical (unpaired) electrons. The number of benzene rings is 3. The maximum atomic E-state index is 14.2. The predicted molar refractivity (Wildman–Crippen MR) is 83.6 cm³/mol. The number of methoxy groups -OCH3 is 1. The van der Waals surface area contributed by atoms with Gasteiger partial charge in [-0.15, -0.1) is 0 Å². The van der Waals surface area contributed by atoms with Gasteiger partial charge in [-0.2, -0.15) is 0 Å². The SMILES string of the molecule is COc1cc2ccccc2cc1-c1ccc(Br)cc1F. The van der Waals surface area contributed by atoms with E-state index in [0.717, 1.165) is 20.8 Å². The van der Waals surface area contributed by atoms with Gasteiger partial charge < -0.3 is 4.74 Å². The Labute approximate surface area is 125 Å². The molecule has 3 aromatic carbocycles. The summed E-state index contributed by atoms with van der Waals surface area (Å²) >= 11 is 3.27. The first-order valence-electron chi connectivity index (χ1n) is 6.21. The van der Waals surface area contributed by atoms with Gasteiger partial charge in [-0.3, -0.25) is 0 Å². The van der Waals surface area contributed by atoms with Gasteiger partial charge in [0, 0.05) is 15.6 Å². The van der Waals surface area contributed by atoms with Crippen molar-refractivity contribution in [3.8, 4) is 16.9 Å². The third-order valence-corrected chi connectivity index (χ3v) is 3.78. The normalized spacial score (nSPS) is 10.8. The zero-order valence-electron chi connectivity index (χ0n) is 10.9. The van der Waals surface area contributed by atoms with E-state index >= 15 is 0 Å². The molecule has 1 nitrogen and oxygen atoms in total. The van der Waals surface area contributed by atoms with Gasteiger partial charge in [-0.25, -0.2) is 4.39 Å². The molecule has 0 spiro atoms. The number of rotatable bonds is 2. The van der Waals surface area contributed by atoms with Gasteiger partial charge in [0.1, 0.15) is 11.6 Å². The second-order valence-electron chi connectivity index (χ2n) is 4.52. The molecule has 0 saturated carbocycles. The minimum atomic E-state index is -0.270. The van der Waals surface area contributed by atoms with Gasteiger partial charge in [-0.1, -0.05) is 46.3 Å². The molecule has 0 unspecified atom stereocenters. The average Bonchev–Trinajstić information content (AvgIpc) is 2.46. The highest BCUT2D eigenvalue weighted by atomic mass is 79.9. The summed E-state index contributed by atoms with van der Waals surface area (Å²) in [5, 5.41) is 2.14. The lowest BCUT2D eigenvalue weighted by atomic mass is 9.99. The Bertz CT molecular complexity index is 783. The van der Waals surface area contributed by atoms with Crippen molar-refractivity contribution in [2.75, 3.05) is 7.11 Å². The summed E-state index contributed by atoms with van der Waals surface area (Å²) in [6, 6.07) is 16.9. The van der Waals surface area contributed by atoms with Crippen molar-refractivity contribution < 1.29 is 9.13 Å². The molecule has 0 N–H and O–H groups in total. The van der Waals surface area contributed by atoms with Crippen LogP contribution in [-0.4, -0.2) is 7.11 Å². The fourth-order valence-corrected chi connectivity index (χ4v) is 2.64. The Morgan fingerprint density at radius 2 is 1.60 bits per heavy atom. The quantitative estimate of drug-likeness (QED) is 0.609. The highest BCUT2D eigenvalue weighted by Crippen LogP contribution is 2.36. The van der Waals surface area contributed by atoms with Crippen molar-refractivity contribution in [1.82, 2.24) is 0 Å². The van der Waals surface area contributed by atoms with Crippen molar-refractivity contribution in [1.29, 1.82) is 0 Å². The zero-order chi connectivity index (χ0) is 14.1. The molecule has 20 heavy (non-hydrogen) atoms. The second kappa shape index (κ2) is 5.25. The van der Waals surface area contributed by atoms with E-state index in [0.29, 0.717) is 11.3 Å². The van der Waals surface area contributed by atoms with Gasteiger partial charge in [-0.05, 0) is 35.0 Å². The number of hydrogen-bond donors (Lipinski definition) is 0. The predicted octanol–water partition coefficient (Wildman–Crippen LogP) is 5.42. The van der Waals surface area contributed by atoms with Crippen LogP contribution in [0.4, 0.5) is 4.39 Å². The molecule has 100 valence electrons. The second-order valence-corrected chi connectivity index (χ2v) is 5.44. The molecule has 0 amide bonds. The van der Waals surface area contributed by atoms with Gasteiger partial charge >= 0.3 is 0 Å². The molecule has 3 heteroatoms. The van der Waals surface area contributed by atoms with E-state index in [-0.39, 0.29) is 5.82 Å². The van der Waals surface area contributed by atoms with E-state index in [1.807, 2.05) is 42.5 Å². The van der Waals surface area contributed by atoms with Crippen LogP contribution in [0.1, 0.15) is 0 Å². The smallest absolute Gasteiger partial charge is 0.132 e. The molecule has 0 fully saturated rings. The first-order chi connectivity index (χ1) is 9.69. The van der Waals surface area contributed by atoms with E-state index in [1.54, 1.807) is 13.2 Å². The summed E-state index contributed by atoms with van der Waals surface area (Å²) in [4.78, 5) is 0. The molecular formula is C17H12BrFO. The third-order valence-electron chi connectivity index (χ3n) is 3.29. The van der Waals surface area contributed by atoms with E-state index in [9.17, 15) is 4.39 Å². The fourth-order valence-electron chi connectivity index (χ4n) is 2.31. The summed E-state index contributed by atoms with van der Waals surface area (Å²) in [6.07, 6.45) is 0. The first kappa shape index (κ1) is 13.1. The molecule has 0 heterocycles. The van der Waals surface area contributed by atoms with E-state index in [1.165, 1.54) is 6.07 Å². The number of ether oxygens (including phenoxy) is 1.